The minimum Gasteiger partial charge on any atom is -0.396 e. The summed E-state index contributed by atoms with van der Waals surface area (Å²) in [6, 6.07) is 0. The number of anilines is 2. The summed E-state index contributed by atoms with van der Waals surface area (Å²) in [6.07, 6.45) is -0.237. The number of hydrogen-bond donors (Lipinski definition) is 6. The van der Waals surface area contributed by atoms with Crippen molar-refractivity contribution in [3.63, 3.8) is 0 Å². The topological polar surface area (TPSA) is 158 Å². The van der Waals surface area contributed by atoms with Crippen molar-refractivity contribution < 1.29 is 25.2 Å². The lowest BCUT2D eigenvalue weighted by Crippen LogP contribution is -2.33. The van der Waals surface area contributed by atoms with Crippen LogP contribution in [0, 0.1) is 0 Å². The average Bonchev–Trinajstić information content (AvgIpc) is 3.23. The second-order valence-corrected chi connectivity index (χ2v) is 6.73. The van der Waals surface area contributed by atoms with Crippen molar-refractivity contribution >= 4 is 22.9 Å². The van der Waals surface area contributed by atoms with Crippen molar-refractivity contribution in [1.29, 1.82) is 0 Å². The Hall–Kier alpha value is -2.05. The van der Waals surface area contributed by atoms with Gasteiger partial charge in [-0.15, -0.1) is 0 Å². The van der Waals surface area contributed by atoms with Crippen LogP contribution >= 0.6 is 0 Å². The van der Waals surface area contributed by atoms with Gasteiger partial charge in [0.1, 0.15) is 18.3 Å². The fourth-order valence-electron chi connectivity index (χ4n) is 3.08. The lowest BCUT2D eigenvalue weighted by atomic mass is 10.1. The molecule has 11 heteroatoms. The molecule has 4 atom stereocenters. The van der Waals surface area contributed by atoms with E-state index in [9.17, 15) is 15.3 Å². The zero-order chi connectivity index (χ0) is 20.1. The lowest BCUT2D eigenvalue weighted by molar-refractivity contribution is -0.0511. The van der Waals surface area contributed by atoms with E-state index in [1.807, 2.05) is 0 Å². The third kappa shape index (κ3) is 4.18. The van der Waals surface area contributed by atoms with Gasteiger partial charge < -0.3 is 35.8 Å². The molecule has 1 aliphatic rings. The quantitative estimate of drug-likeness (QED) is 0.288. The van der Waals surface area contributed by atoms with E-state index < -0.39 is 31.1 Å². The number of hydrogen-bond acceptors (Lipinski definition) is 10. The summed E-state index contributed by atoms with van der Waals surface area (Å²) in [6.45, 7) is 2.96. The maximum Gasteiger partial charge on any atom is 0.226 e. The highest BCUT2D eigenvalue weighted by molar-refractivity contribution is 5.84. The van der Waals surface area contributed by atoms with Crippen molar-refractivity contribution in [1.82, 2.24) is 19.5 Å². The van der Waals surface area contributed by atoms with E-state index in [4.69, 9.17) is 9.84 Å². The van der Waals surface area contributed by atoms with Crippen LogP contribution in [0.25, 0.3) is 11.2 Å². The molecule has 0 amide bonds. The van der Waals surface area contributed by atoms with Crippen LogP contribution in [0.4, 0.5) is 11.8 Å². The van der Waals surface area contributed by atoms with Gasteiger partial charge in [-0.05, 0) is 12.8 Å². The minimum absolute atomic E-state index is 0.0529. The van der Waals surface area contributed by atoms with Crippen LogP contribution in [0.15, 0.2) is 6.33 Å². The van der Waals surface area contributed by atoms with Crippen LogP contribution in [0.1, 0.15) is 32.4 Å². The Morgan fingerprint density at radius 2 is 1.89 bits per heavy atom. The van der Waals surface area contributed by atoms with Crippen LogP contribution in [-0.2, 0) is 4.74 Å². The maximum atomic E-state index is 10.3. The van der Waals surface area contributed by atoms with Crippen molar-refractivity contribution in [3.8, 4) is 0 Å². The number of nitrogens with zero attached hydrogens (tertiary/aromatic N) is 4. The van der Waals surface area contributed by atoms with Gasteiger partial charge in [0.05, 0.1) is 12.9 Å². The van der Waals surface area contributed by atoms with Crippen LogP contribution in [0.2, 0.25) is 0 Å². The number of unbranched alkanes of at least 4 members (excludes halogenated alkanes) is 1. The SMILES string of the molecule is CCCCNc1nc(NCCCO)nc2c1ncn2C1O[C@H](CO)[C@@H](O)[C@H]1O. The Kier molecular flexibility index (Phi) is 6.97. The Bertz CT molecular complexity index is 772. The Labute approximate surface area is 162 Å². The predicted molar refractivity (Wildman–Crippen MR) is 102 cm³/mol. The molecule has 0 saturated carbocycles. The zero-order valence-corrected chi connectivity index (χ0v) is 15.8. The molecule has 1 aliphatic heterocycles. The van der Waals surface area contributed by atoms with E-state index in [1.54, 1.807) is 0 Å². The number of aliphatic hydroxyl groups is 4. The molecule has 1 unspecified atom stereocenters. The molecular formula is C17H28N6O5. The second-order valence-electron chi connectivity index (χ2n) is 6.73. The number of rotatable bonds is 10. The van der Waals surface area contributed by atoms with Crippen molar-refractivity contribution in [2.75, 3.05) is 36.9 Å². The van der Waals surface area contributed by atoms with Gasteiger partial charge in [-0.1, -0.05) is 13.3 Å². The molecule has 3 rings (SSSR count). The lowest BCUT2D eigenvalue weighted by Gasteiger charge is -2.17. The summed E-state index contributed by atoms with van der Waals surface area (Å²) in [5.41, 5.74) is 0.942. The fourth-order valence-corrected chi connectivity index (χ4v) is 3.08. The highest BCUT2D eigenvalue weighted by Crippen LogP contribution is 2.32. The summed E-state index contributed by atoms with van der Waals surface area (Å²) in [5, 5.41) is 45.0. The van der Waals surface area contributed by atoms with E-state index >= 15 is 0 Å². The molecule has 1 fully saturated rings. The fraction of sp³-hybridized carbons (Fsp3) is 0.706. The van der Waals surface area contributed by atoms with Crippen LogP contribution in [-0.4, -0.2) is 84.6 Å². The van der Waals surface area contributed by atoms with E-state index in [0.717, 1.165) is 19.4 Å². The average molecular weight is 396 g/mol. The zero-order valence-electron chi connectivity index (χ0n) is 15.8. The molecule has 3 heterocycles. The van der Waals surface area contributed by atoms with Gasteiger partial charge in [-0.3, -0.25) is 4.57 Å². The van der Waals surface area contributed by atoms with Crippen LogP contribution < -0.4 is 10.6 Å². The molecule has 1 saturated heterocycles. The first kappa shape index (κ1) is 20.7. The predicted octanol–water partition coefficient (Wildman–Crippen LogP) is -0.556. The summed E-state index contributed by atoms with van der Waals surface area (Å²) < 4.78 is 7.13. The monoisotopic (exact) mass is 396 g/mol. The molecule has 0 bridgehead atoms. The normalized spacial score (nSPS) is 24.8. The summed E-state index contributed by atoms with van der Waals surface area (Å²) in [5.74, 6) is 0.906. The molecule has 2 aromatic rings. The smallest absolute Gasteiger partial charge is 0.226 e. The van der Waals surface area contributed by atoms with Gasteiger partial charge in [0, 0.05) is 19.7 Å². The maximum absolute atomic E-state index is 10.3. The van der Waals surface area contributed by atoms with Gasteiger partial charge in [0.15, 0.2) is 23.2 Å². The molecule has 0 radical (unpaired) electrons. The molecule has 0 spiro atoms. The second kappa shape index (κ2) is 9.43. The Balaban J connectivity index is 1.95. The van der Waals surface area contributed by atoms with E-state index in [2.05, 4.69) is 32.5 Å². The van der Waals surface area contributed by atoms with Crippen molar-refractivity contribution in [2.45, 2.75) is 50.7 Å². The van der Waals surface area contributed by atoms with Gasteiger partial charge >= 0.3 is 0 Å². The minimum atomic E-state index is -1.23. The summed E-state index contributed by atoms with van der Waals surface area (Å²) in [4.78, 5) is 13.3. The van der Waals surface area contributed by atoms with Gasteiger partial charge in [-0.25, -0.2) is 4.98 Å². The van der Waals surface area contributed by atoms with Crippen molar-refractivity contribution in [2.24, 2.45) is 0 Å². The first-order valence-corrected chi connectivity index (χ1v) is 9.56. The first-order valence-electron chi connectivity index (χ1n) is 9.56. The Morgan fingerprint density at radius 1 is 1.11 bits per heavy atom. The van der Waals surface area contributed by atoms with Crippen molar-refractivity contribution in [3.05, 3.63) is 6.33 Å². The number of ether oxygens (including phenoxy) is 1. The molecule has 0 aromatic carbocycles. The molecule has 11 nitrogen and oxygen atoms in total. The van der Waals surface area contributed by atoms with Crippen LogP contribution in [0.5, 0.6) is 0 Å². The third-order valence-corrected chi connectivity index (χ3v) is 4.65. The summed E-state index contributed by atoms with van der Waals surface area (Å²) >= 11 is 0. The third-order valence-electron chi connectivity index (χ3n) is 4.65. The molecule has 156 valence electrons. The van der Waals surface area contributed by atoms with Gasteiger partial charge in [-0.2, -0.15) is 9.97 Å². The Morgan fingerprint density at radius 3 is 2.57 bits per heavy atom. The molecule has 28 heavy (non-hydrogen) atoms. The van der Waals surface area contributed by atoms with E-state index in [0.29, 0.717) is 35.9 Å². The molecule has 2 aromatic heterocycles. The largest absolute Gasteiger partial charge is 0.396 e. The number of aliphatic hydroxyl groups excluding tert-OH is 4. The molecular weight excluding hydrogens is 368 g/mol. The highest BCUT2D eigenvalue weighted by Gasteiger charge is 2.44. The van der Waals surface area contributed by atoms with E-state index in [1.165, 1.54) is 10.9 Å². The molecule has 0 aliphatic carbocycles. The first-order chi connectivity index (χ1) is 13.6. The number of imidazole rings is 1. The standard InChI is InChI=1S/C17H28N6O5/c1-2-3-5-18-14-11-15(22-17(21-14)19-6-4-7-24)23(9-20-11)16-13(27)12(26)10(8-25)28-16/h9-10,12-13,16,24-27H,2-8H2,1H3,(H2,18,19,21,22)/t10-,12-,13-,16?/m1/s1. The highest BCUT2D eigenvalue weighted by atomic mass is 16.6. The summed E-state index contributed by atoms with van der Waals surface area (Å²) in [7, 11) is 0. The number of aromatic nitrogens is 4. The number of nitrogens with one attached hydrogen (secondary N) is 2. The van der Waals surface area contributed by atoms with E-state index in [-0.39, 0.29) is 6.61 Å². The number of fused-ring (bicyclic) bond motifs is 1. The van der Waals surface area contributed by atoms with Crippen LogP contribution in [0.3, 0.4) is 0 Å². The molecule has 6 N–H and O–H groups in total. The van der Waals surface area contributed by atoms with Gasteiger partial charge in [0.2, 0.25) is 5.95 Å². The van der Waals surface area contributed by atoms with Gasteiger partial charge in [0.25, 0.3) is 0 Å².